The van der Waals surface area contributed by atoms with Crippen molar-refractivity contribution in [2.24, 2.45) is 0 Å². The monoisotopic (exact) mass is 317 g/mol. The van der Waals surface area contributed by atoms with E-state index in [2.05, 4.69) is 5.32 Å². The number of anilines is 1. The topological polar surface area (TPSA) is 64.6 Å². The molecule has 120 valence electrons. The Hall–Kier alpha value is -2.89. The third kappa shape index (κ3) is 5.43. The molecule has 1 amide bonds. The zero-order valence-corrected chi connectivity index (χ0v) is 12.5. The normalized spacial score (nSPS) is 10.0. The van der Waals surface area contributed by atoms with Crippen LogP contribution in [0.5, 0.6) is 5.75 Å². The number of ether oxygens (including phenoxy) is 2. The summed E-state index contributed by atoms with van der Waals surface area (Å²) >= 11 is 0. The van der Waals surface area contributed by atoms with Crippen LogP contribution in [0, 0.1) is 5.82 Å². The van der Waals surface area contributed by atoms with Gasteiger partial charge in [0.05, 0.1) is 13.5 Å². The maximum absolute atomic E-state index is 13.0. The molecule has 2 aromatic rings. The summed E-state index contributed by atoms with van der Waals surface area (Å²) < 4.78 is 22.9. The summed E-state index contributed by atoms with van der Waals surface area (Å²) in [7, 11) is 1.56. The van der Waals surface area contributed by atoms with Gasteiger partial charge in [0.25, 0.3) is 5.91 Å². The fourth-order valence-corrected chi connectivity index (χ4v) is 1.87. The van der Waals surface area contributed by atoms with Crippen molar-refractivity contribution in [2.45, 2.75) is 6.42 Å². The molecule has 0 heterocycles. The minimum Gasteiger partial charge on any atom is -0.497 e. The summed E-state index contributed by atoms with van der Waals surface area (Å²) in [4.78, 5) is 23.3. The Morgan fingerprint density at radius 1 is 1.13 bits per heavy atom. The maximum Gasteiger partial charge on any atom is 0.310 e. The number of halogens is 1. The van der Waals surface area contributed by atoms with E-state index in [-0.39, 0.29) is 6.42 Å². The van der Waals surface area contributed by atoms with Crippen LogP contribution in [0.3, 0.4) is 0 Å². The number of carbonyl (C=O) groups excluding carboxylic acids is 2. The third-order valence-corrected chi connectivity index (χ3v) is 2.98. The Morgan fingerprint density at radius 2 is 1.87 bits per heavy atom. The lowest BCUT2D eigenvalue weighted by molar-refractivity contribution is -0.146. The SMILES string of the molecule is COc1ccc(CC(=O)OCC(=O)Nc2cccc(F)c2)cc1. The zero-order chi connectivity index (χ0) is 16.7. The van der Waals surface area contributed by atoms with E-state index in [1.54, 1.807) is 37.4 Å². The minimum atomic E-state index is -0.529. The lowest BCUT2D eigenvalue weighted by atomic mass is 10.1. The van der Waals surface area contributed by atoms with Crippen LogP contribution in [-0.4, -0.2) is 25.6 Å². The third-order valence-electron chi connectivity index (χ3n) is 2.98. The predicted molar refractivity (Wildman–Crippen MR) is 82.7 cm³/mol. The van der Waals surface area contributed by atoms with E-state index in [1.165, 1.54) is 18.2 Å². The summed E-state index contributed by atoms with van der Waals surface area (Å²) in [5.41, 5.74) is 1.06. The molecule has 6 heteroatoms. The second-order valence-electron chi connectivity index (χ2n) is 4.74. The molecule has 0 atom stereocenters. The molecule has 0 spiro atoms. The summed E-state index contributed by atoms with van der Waals surface area (Å²) in [6.07, 6.45) is 0.0528. The molecule has 0 saturated heterocycles. The van der Waals surface area contributed by atoms with Crippen molar-refractivity contribution < 1.29 is 23.5 Å². The number of hydrogen-bond donors (Lipinski definition) is 1. The van der Waals surface area contributed by atoms with Crippen molar-refractivity contribution in [3.8, 4) is 5.75 Å². The molecule has 0 radical (unpaired) electrons. The van der Waals surface area contributed by atoms with E-state index in [1.807, 2.05) is 0 Å². The first kappa shape index (κ1) is 16.5. The molecule has 0 aliphatic heterocycles. The van der Waals surface area contributed by atoms with E-state index in [0.29, 0.717) is 11.4 Å². The number of esters is 1. The van der Waals surface area contributed by atoms with Gasteiger partial charge in [0.15, 0.2) is 6.61 Å². The van der Waals surface area contributed by atoms with Crippen molar-refractivity contribution in [3.05, 3.63) is 59.9 Å². The molecule has 0 bridgehead atoms. The van der Waals surface area contributed by atoms with Gasteiger partial charge in [0.2, 0.25) is 0 Å². The van der Waals surface area contributed by atoms with E-state index >= 15 is 0 Å². The van der Waals surface area contributed by atoms with E-state index < -0.39 is 24.3 Å². The van der Waals surface area contributed by atoms with Crippen LogP contribution in [-0.2, 0) is 20.7 Å². The maximum atomic E-state index is 13.0. The van der Waals surface area contributed by atoms with Gasteiger partial charge in [0.1, 0.15) is 11.6 Å². The van der Waals surface area contributed by atoms with Gasteiger partial charge >= 0.3 is 5.97 Å². The van der Waals surface area contributed by atoms with E-state index in [0.717, 1.165) is 5.56 Å². The van der Waals surface area contributed by atoms with Gasteiger partial charge in [-0.15, -0.1) is 0 Å². The van der Waals surface area contributed by atoms with Crippen LogP contribution in [0.2, 0.25) is 0 Å². The number of amides is 1. The number of hydrogen-bond acceptors (Lipinski definition) is 4. The van der Waals surface area contributed by atoms with E-state index in [4.69, 9.17) is 9.47 Å². The molecule has 0 fully saturated rings. The van der Waals surface area contributed by atoms with Gasteiger partial charge < -0.3 is 14.8 Å². The average molecular weight is 317 g/mol. The molecule has 23 heavy (non-hydrogen) atoms. The van der Waals surface area contributed by atoms with Crippen LogP contribution in [0.4, 0.5) is 10.1 Å². The Morgan fingerprint density at radius 3 is 2.52 bits per heavy atom. The Balaban J connectivity index is 1.78. The van der Waals surface area contributed by atoms with E-state index in [9.17, 15) is 14.0 Å². The van der Waals surface area contributed by atoms with Crippen molar-refractivity contribution >= 4 is 17.6 Å². The minimum absolute atomic E-state index is 0.0528. The van der Waals surface area contributed by atoms with Crippen molar-refractivity contribution in [2.75, 3.05) is 19.0 Å². The van der Waals surface area contributed by atoms with Crippen LogP contribution >= 0.6 is 0 Å². The molecule has 1 N–H and O–H groups in total. The number of carbonyl (C=O) groups is 2. The Bertz CT molecular complexity index is 685. The van der Waals surface area contributed by atoms with Crippen molar-refractivity contribution in [1.82, 2.24) is 0 Å². The fraction of sp³-hybridized carbons (Fsp3) is 0.176. The van der Waals surface area contributed by atoms with Gasteiger partial charge in [-0.1, -0.05) is 18.2 Å². The van der Waals surface area contributed by atoms with Crippen LogP contribution in [0.1, 0.15) is 5.56 Å². The van der Waals surface area contributed by atoms with Crippen molar-refractivity contribution in [3.63, 3.8) is 0 Å². The average Bonchev–Trinajstić information content (AvgIpc) is 2.54. The smallest absolute Gasteiger partial charge is 0.310 e. The first-order chi connectivity index (χ1) is 11.1. The summed E-state index contributed by atoms with van der Waals surface area (Å²) in [5, 5.41) is 2.44. The molecular formula is C17H16FNO4. The van der Waals surface area contributed by atoms with Crippen LogP contribution < -0.4 is 10.1 Å². The quantitative estimate of drug-likeness (QED) is 0.832. The van der Waals surface area contributed by atoms with Gasteiger partial charge in [0, 0.05) is 5.69 Å². The predicted octanol–water partition coefficient (Wildman–Crippen LogP) is 2.56. The second-order valence-corrected chi connectivity index (χ2v) is 4.74. The molecule has 0 saturated carbocycles. The van der Waals surface area contributed by atoms with Gasteiger partial charge in [-0.3, -0.25) is 9.59 Å². The first-order valence-corrected chi connectivity index (χ1v) is 6.91. The van der Waals surface area contributed by atoms with Crippen LogP contribution in [0.15, 0.2) is 48.5 Å². The molecule has 0 aliphatic rings. The Kier molecular flexibility index (Phi) is 5.68. The van der Waals surface area contributed by atoms with Crippen LogP contribution in [0.25, 0.3) is 0 Å². The largest absolute Gasteiger partial charge is 0.497 e. The van der Waals surface area contributed by atoms with Gasteiger partial charge in [-0.05, 0) is 35.9 Å². The highest BCUT2D eigenvalue weighted by Crippen LogP contribution is 2.12. The standard InChI is InChI=1S/C17H16FNO4/c1-22-15-7-5-12(6-8-15)9-17(21)23-11-16(20)19-14-4-2-3-13(18)10-14/h2-8,10H,9,11H2,1H3,(H,19,20). The molecule has 2 aromatic carbocycles. The fourth-order valence-electron chi connectivity index (χ4n) is 1.87. The first-order valence-electron chi connectivity index (χ1n) is 6.91. The molecule has 5 nitrogen and oxygen atoms in total. The van der Waals surface area contributed by atoms with Crippen molar-refractivity contribution in [1.29, 1.82) is 0 Å². The molecule has 0 aliphatic carbocycles. The number of rotatable bonds is 6. The second kappa shape index (κ2) is 7.93. The number of benzene rings is 2. The highest BCUT2D eigenvalue weighted by Gasteiger charge is 2.09. The Labute approximate surface area is 133 Å². The zero-order valence-electron chi connectivity index (χ0n) is 12.5. The lowest BCUT2D eigenvalue weighted by Crippen LogP contribution is -2.21. The summed E-state index contributed by atoms with van der Waals surface area (Å²) in [6.45, 7) is -0.425. The molecule has 0 unspecified atom stereocenters. The molecule has 0 aromatic heterocycles. The number of methoxy groups -OCH3 is 1. The van der Waals surface area contributed by atoms with Gasteiger partial charge in [-0.2, -0.15) is 0 Å². The molecule has 2 rings (SSSR count). The molecular weight excluding hydrogens is 301 g/mol. The highest BCUT2D eigenvalue weighted by atomic mass is 19.1. The summed E-state index contributed by atoms with van der Waals surface area (Å²) in [6, 6.07) is 12.4. The summed E-state index contributed by atoms with van der Waals surface area (Å²) in [5.74, 6) is -0.820. The highest BCUT2D eigenvalue weighted by molar-refractivity contribution is 5.92. The lowest BCUT2D eigenvalue weighted by Gasteiger charge is -2.07. The number of nitrogens with one attached hydrogen (secondary N) is 1. The van der Waals surface area contributed by atoms with Gasteiger partial charge in [-0.25, -0.2) is 4.39 Å².